The third kappa shape index (κ3) is 3.32. The summed E-state index contributed by atoms with van der Waals surface area (Å²) in [5, 5.41) is 2.11. The molecule has 0 aliphatic heterocycles. The van der Waals surface area contributed by atoms with Crippen LogP contribution < -0.4 is 16.2 Å². The van der Waals surface area contributed by atoms with Gasteiger partial charge in [-0.05, 0) is 29.0 Å². The summed E-state index contributed by atoms with van der Waals surface area (Å²) in [5.74, 6) is 0.559. The van der Waals surface area contributed by atoms with E-state index in [-0.39, 0.29) is 34.9 Å². The first-order chi connectivity index (χ1) is 13.4. The standard InChI is InChI=1S/C20H20N6O2/c1-26(2)14-6-5-11-9-13(4-3-12(11)10-14)15(27)7-8-16-22-17-18(23-16)24-20(21)25-19(17)28/h3-6,9-10H,7-8H2,1-2H3,(H4,21,22,23,24,25,28). The Kier molecular flexibility index (Phi) is 4.31. The molecule has 0 amide bonds. The second-order valence-electron chi connectivity index (χ2n) is 6.90. The first-order valence-corrected chi connectivity index (χ1v) is 8.89. The number of nitrogens with zero attached hydrogens (tertiary/aromatic N) is 3. The van der Waals surface area contributed by atoms with Crippen molar-refractivity contribution < 1.29 is 4.79 Å². The summed E-state index contributed by atoms with van der Waals surface area (Å²) in [4.78, 5) is 40.1. The van der Waals surface area contributed by atoms with Gasteiger partial charge in [0, 0.05) is 38.2 Å². The van der Waals surface area contributed by atoms with Gasteiger partial charge in [0.05, 0.1) is 0 Å². The van der Waals surface area contributed by atoms with Crippen molar-refractivity contribution in [3.05, 3.63) is 58.1 Å². The van der Waals surface area contributed by atoms with E-state index in [9.17, 15) is 9.59 Å². The van der Waals surface area contributed by atoms with Crippen molar-refractivity contribution in [2.24, 2.45) is 0 Å². The second kappa shape index (κ2) is 6.80. The average molecular weight is 376 g/mol. The van der Waals surface area contributed by atoms with Gasteiger partial charge in [0.15, 0.2) is 16.9 Å². The Hall–Kier alpha value is -3.68. The zero-order valence-corrected chi connectivity index (χ0v) is 15.6. The molecule has 2 heterocycles. The minimum atomic E-state index is -0.376. The zero-order chi connectivity index (χ0) is 19.8. The molecule has 4 N–H and O–H groups in total. The van der Waals surface area contributed by atoms with E-state index < -0.39 is 0 Å². The van der Waals surface area contributed by atoms with E-state index in [1.165, 1.54) is 0 Å². The predicted molar refractivity (Wildman–Crippen MR) is 110 cm³/mol. The number of aromatic nitrogens is 4. The number of nitrogen functional groups attached to an aromatic ring is 1. The molecule has 28 heavy (non-hydrogen) atoms. The van der Waals surface area contributed by atoms with Gasteiger partial charge in [-0.2, -0.15) is 4.98 Å². The van der Waals surface area contributed by atoms with Crippen molar-refractivity contribution in [3.8, 4) is 0 Å². The Morgan fingerprint density at radius 1 is 1.07 bits per heavy atom. The molecule has 4 aromatic rings. The number of H-pyrrole nitrogens is 2. The van der Waals surface area contributed by atoms with Crippen LogP contribution in [-0.2, 0) is 6.42 Å². The van der Waals surface area contributed by atoms with Gasteiger partial charge in [-0.1, -0.05) is 18.2 Å². The van der Waals surface area contributed by atoms with Gasteiger partial charge in [-0.15, -0.1) is 0 Å². The summed E-state index contributed by atoms with van der Waals surface area (Å²) in [7, 11) is 3.99. The number of nitrogens with two attached hydrogens (primary N) is 1. The van der Waals surface area contributed by atoms with Gasteiger partial charge in [0.25, 0.3) is 5.56 Å². The maximum absolute atomic E-state index is 12.6. The van der Waals surface area contributed by atoms with Crippen molar-refractivity contribution in [3.63, 3.8) is 0 Å². The number of aryl methyl sites for hydroxylation is 1. The topological polar surface area (TPSA) is 121 Å². The molecule has 0 spiro atoms. The third-order valence-corrected chi connectivity index (χ3v) is 4.68. The summed E-state index contributed by atoms with van der Waals surface area (Å²) >= 11 is 0. The van der Waals surface area contributed by atoms with E-state index in [2.05, 4.69) is 26.0 Å². The highest BCUT2D eigenvalue weighted by Gasteiger charge is 2.12. The van der Waals surface area contributed by atoms with Crippen LogP contribution in [0, 0.1) is 0 Å². The number of Topliss-reactive ketones (excluding diaryl/α,β-unsaturated/α-hetero) is 1. The summed E-state index contributed by atoms with van der Waals surface area (Å²) in [5.41, 5.74) is 7.43. The number of hydrogen-bond donors (Lipinski definition) is 3. The van der Waals surface area contributed by atoms with Crippen LogP contribution in [-0.4, -0.2) is 39.8 Å². The normalized spacial score (nSPS) is 11.2. The summed E-state index contributed by atoms with van der Waals surface area (Å²) < 4.78 is 0. The van der Waals surface area contributed by atoms with E-state index >= 15 is 0 Å². The molecule has 2 aromatic heterocycles. The highest BCUT2D eigenvalue weighted by atomic mass is 16.1. The number of benzene rings is 2. The number of nitrogens with one attached hydrogen (secondary N) is 2. The largest absolute Gasteiger partial charge is 0.378 e. The van der Waals surface area contributed by atoms with E-state index in [1.54, 1.807) is 0 Å². The lowest BCUT2D eigenvalue weighted by atomic mass is 10.0. The van der Waals surface area contributed by atoms with Crippen molar-refractivity contribution in [2.75, 3.05) is 24.7 Å². The lowest BCUT2D eigenvalue weighted by Gasteiger charge is -2.13. The van der Waals surface area contributed by atoms with Gasteiger partial charge in [-0.3, -0.25) is 14.6 Å². The van der Waals surface area contributed by atoms with E-state index in [0.29, 0.717) is 17.8 Å². The van der Waals surface area contributed by atoms with E-state index in [0.717, 1.165) is 16.5 Å². The zero-order valence-electron chi connectivity index (χ0n) is 15.6. The number of imidazole rings is 1. The highest BCUT2D eigenvalue weighted by Crippen LogP contribution is 2.23. The molecule has 4 rings (SSSR count). The first kappa shape index (κ1) is 17.7. The number of ketones is 1. The number of rotatable bonds is 5. The molecule has 0 aliphatic carbocycles. The van der Waals surface area contributed by atoms with Crippen molar-refractivity contribution in [1.29, 1.82) is 0 Å². The Labute approximate surface area is 160 Å². The van der Waals surface area contributed by atoms with Crippen LogP contribution in [0.5, 0.6) is 0 Å². The fourth-order valence-corrected chi connectivity index (χ4v) is 3.15. The molecule has 0 radical (unpaired) electrons. The summed E-state index contributed by atoms with van der Waals surface area (Å²) in [6, 6.07) is 11.8. The molecule has 142 valence electrons. The minimum absolute atomic E-state index is 0.0141. The maximum atomic E-state index is 12.6. The van der Waals surface area contributed by atoms with Crippen LogP contribution in [0.1, 0.15) is 22.6 Å². The summed E-state index contributed by atoms with van der Waals surface area (Å²) in [6.07, 6.45) is 0.653. The Morgan fingerprint density at radius 2 is 1.82 bits per heavy atom. The van der Waals surface area contributed by atoms with Crippen LogP contribution in [0.2, 0.25) is 0 Å². The molecule has 0 saturated carbocycles. The number of carbonyl (C=O) groups excluding carboxylic acids is 1. The average Bonchev–Trinajstić information content (AvgIpc) is 3.08. The summed E-state index contributed by atoms with van der Waals surface area (Å²) in [6.45, 7) is 0. The smallest absolute Gasteiger partial charge is 0.278 e. The number of anilines is 2. The monoisotopic (exact) mass is 376 g/mol. The molecule has 8 nitrogen and oxygen atoms in total. The number of fused-ring (bicyclic) bond motifs is 2. The van der Waals surface area contributed by atoms with Crippen molar-refractivity contribution in [2.45, 2.75) is 12.8 Å². The van der Waals surface area contributed by atoms with Gasteiger partial charge in [0.2, 0.25) is 5.95 Å². The second-order valence-corrected chi connectivity index (χ2v) is 6.90. The number of carbonyl (C=O) groups is 1. The minimum Gasteiger partial charge on any atom is -0.378 e. The number of aromatic amines is 2. The van der Waals surface area contributed by atoms with Crippen molar-refractivity contribution in [1.82, 2.24) is 19.9 Å². The van der Waals surface area contributed by atoms with Gasteiger partial charge < -0.3 is 15.6 Å². The first-order valence-electron chi connectivity index (χ1n) is 8.89. The lowest BCUT2D eigenvalue weighted by molar-refractivity contribution is 0.0982. The molecule has 0 unspecified atom stereocenters. The number of hydrogen-bond acceptors (Lipinski definition) is 6. The van der Waals surface area contributed by atoms with Crippen LogP contribution in [0.15, 0.2) is 41.2 Å². The van der Waals surface area contributed by atoms with Crippen molar-refractivity contribution >= 4 is 39.4 Å². The Balaban J connectivity index is 1.53. The quantitative estimate of drug-likeness (QED) is 0.460. The Bertz CT molecular complexity index is 1250. The van der Waals surface area contributed by atoms with E-state index in [4.69, 9.17) is 5.73 Å². The lowest BCUT2D eigenvalue weighted by Crippen LogP contribution is -2.10. The molecule has 8 heteroatoms. The van der Waals surface area contributed by atoms with Gasteiger partial charge in [0.1, 0.15) is 5.82 Å². The Morgan fingerprint density at radius 3 is 2.61 bits per heavy atom. The molecular weight excluding hydrogens is 356 g/mol. The molecule has 0 fully saturated rings. The predicted octanol–water partition coefficient (Wildman–Crippen LogP) is 2.26. The highest BCUT2D eigenvalue weighted by molar-refractivity contribution is 6.00. The molecule has 0 atom stereocenters. The maximum Gasteiger partial charge on any atom is 0.278 e. The fourth-order valence-electron chi connectivity index (χ4n) is 3.15. The SMILES string of the molecule is CN(C)c1ccc2cc(C(=O)CCc3nc4nc(N)[nH]c(=O)c4[nH]3)ccc2c1. The van der Waals surface area contributed by atoms with Crippen LogP contribution in [0.25, 0.3) is 21.9 Å². The van der Waals surface area contributed by atoms with Gasteiger partial charge in [-0.25, -0.2) is 4.98 Å². The molecule has 0 saturated heterocycles. The molecule has 0 aliphatic rings. The molecule has 2 aromatic carbocycles. The molecular formula is C20H20N6O2. The van der Waals surface area contributed by atoms with Gasteiger partial charge >= 0.3 is 0 Å². The van der Waals surface area contributed by atoms with Crippen LogP contribution in [0.4, 0.5) is 11.6 Å². The third-order valence-electron chi connectivity index (χ3n) is 4.68. The van der Waals surface area contributed by atoms with Crippen LogP contribution >= 0.6 is 0 Å². The fraction of sp³-hybridized carbons (Fsp3) is 0.200. The van der Waals surface area contributed by atoms with E-state index in [1.807, 2.05) is 49.3 Å². The molecule has 0 bridgehead atoms. The van der Waals surface area contributed by atoms with Crippen LogP contribution in [0.3, 0.4) is 0 Å².